The van der Waals surface area contributed by atoms with E-state index in [0.29, 0.717) is 11.8 Å². The number of hydrogen-bond donors (Lipinski definition) is 1. The molecular weight excluding hydrogens is 226 g/mol. The first-order chi connectivity index (χ1) is 7.56. The lowest BCUT2D eigenvalue weighted by Gasteiger charge is -2.11. The van der Waals surface area contributed by atoms with Gasteiger partial charge in [0.1, 0.15) is 5.15 Å². The minimum atomic E-state index is 0.0759. The number of aryl methyl sites for hydroxylation is 2. The van der Waals surface area contributed by atoms with Crippen LogP contribution in [0.15, 0.2) is 0 Å². The monoisotopic (exact) mass is 245 g/mol. The van der Waals surface area contributed by atoms with Crippen molar-refractivity contribution in [2.24, 2.45) is 12.8 Å². The predicted molar refractivity (Wildman–Crippen MR) is 65.7 cm³/mol. The van der Waals surface area contributed by atoms with E-state index in [2.05, 4.69) is 5.10 Å². The molecule has 0 aliphatic rings. The van der Waals surface area contributed by atoms with Gasteiger partial charge in [0.15, 0.2) is 0 Å². The van der Waals surface area contributed by atoms with Crippen LogP contribution < -0.4 is 5.73 Å². The molecule has 5 heteroatoms. The lowest BCUT2D eigenvalue weighted by molar-refractivity contribution is 0.140. The quantitative estimate of drug-likeness (QED) is 0.776. The van der Waals surface area contributed by atoms with Gasteiger partial charge in [-0.2, -0.15) is 5.10 Å². The van der Waals surface area contributed by atoms with Crippen LogP contribution in [-0.2, 0) is 18.2 Å². The van der Waals surface area contributed by atoms with Crippen molar-refractivity contribution >= 4 is 11.6 Å². The molecule has 1 aromatic heterocycles. The second-order valence-electron chi connectivity index (χ2n) is 3.93. The van der Waals surface area contributed by atoms with Crippen molar-refractivity contribution in [2.75, 3.05) is 13.2 Å². The van der Waals surface area contributed by atoms with Gasteiger partial charge in [0, 0.05) is 31.9 Å². The van der Waals surface area contributed by atoms with Crippen LogP contribution in [0.25, 0.3) is 0 Å². The van der Waals surface area contributed by atoms with Crippen molar-refractivity contribution in [1.82, 2.24) is 9.78 Å². The molecule has 92 valence electrons. The third-order valence-corrected chi connectivity index (χ3v) is 3.05. The predicted octanol–water partition coefficient (Wildman–Crippen LogP) is 1.68. The van der Waals surface area contributed by atoms with Crippen LogP contribution in [0, 0.1) is 6.92 Å². The first-order valence-electron chi connectivity index (χ1n) is 5.57. The van der Waals surface area contributed by atoms with E-state index < -0.39 is 0 Å². The maximum absolute atomic E-state index is 6.13. The van der Waals surface area contributed by atoms with Crippen LogP contribution >= 0.6 is 11.6 Å². The van der Waals surface area contributed by atoms with E-state index in [-0.39, 0.29) is 6.04 Å². The molecule has 0 aromatic carbocycles. The van der Waals surface area contributed by atoms with Gasteiger partial charge in [-0.25, -0.2) is 0 Å². The lowest BCUT2D eigenvalue weighted by atomic mass is 10.1. The average Bonchev–Trinajstić information content (AvgIpc) is 2.46. The second kappa shape index (κ2) is 6.23. The molecule has 0 radical (unpaired) electrons. The third-order valence-electron chi connectivity index (χ3n) is 2.57. The van der Waals surface area contributed by atoms with Crippen molar-refractivity contribution < 1.29 is 4.74 Å². The number of ether oxygens (including phenoxy) is 1. The van der Waals surface area contributed by atoms with Crippen LogP contribution in [0.2, 0.25) is 5.15 Å². The lowest BCUT2D eigenvalue weighted by Crippen LogP contribution is -2.25. The number of nitrogens with two attached hydrogens (primary N) is 1. The molecular formula is C11H20ClN3O. The summed E-state index contributed by atoms with van der Waals surface area (Å²) in [6.45, 7) is 5.37. The van der Waals surface area contributed by atoms with Gasteiger partial charge in [0.05, 0.1) is 5.69 Å². The maximum atomic E-state index is 6.13. The number of rotatable bonds is 6. The Hall–Kier alpha value is -0.580. The van der Waals surface area contributed by atoms with Crippen molar-refractivity contribution in [3.63, 3.8) is 0 Å². The van der Waals surface area contributed by atoms with Gasteiger partial charge in [-0.1, -0.05) is 11.6 Å². The minimum absolute atomic E-state index is 0.0759. The van der Waals surface area contributed by atoms with E-state index >= 15 is 0 Å². The highest BCUT2D eigenvalue weighted by atomic mass is 35.5. The fourth-order valence-electron chi connectivity index (χ4n) is 1.65. The number of aromatic nitrogens is 2. The summed E-state index contributed by atoms with van der Waals surface area (Å²) in [6.07, 6.45) is 1.60. The second-order valence-corrected chi connectivity index (χ2v) is 4.29. The van der Waals surface area contributed by atoms with E-state index in [1.54, 1.807) is 4.68 Å². The Morgan fingerprint density at radius 3 is 2.75 bits per heavy atom. The fraction of sp³-hybridized carbons (Fsp3) is 0.727. The Morgan fingerprint density at radius 1 is 1.56 bits per heavy atom. The summed E-state index contributed by atoms with van der Waals surface area (Å²) in [6, 6.07) is 0.0759. The number of nitrogens with zero attached hydrogens (tertiary/aromatic N) is 2. The molecule has 0 bridgehead atoms. The van der Waals surface area contributed by atoms with E-state index in [1.807, 2.05) is 20.9 Å². The van der Waals surface area contributed by atoms with Gasteiger partial charge in [-0.05, 0) is 26.7 Å². The zero-order valence-electron chi connectivity index (χ0n) is 10.2. The van der Waals surface area contributed by atoms with E-state index in [1.165, 1.54) is 0 Å². The summed E-state index contributed by atoms with van der Waals surface area (Å²) >= 11 is 6.13. The molecule has 0 fully saturated rings. The summed E-state index contributed by atoms with van der Waals surface area (Å²) in [7, 11) is 1.84. The Morgan fingerprint density at radius 2 is 2.25 bits per heavy atom. The van der Waals surface area contributed by atoms with Crippen molar-refractivity contribution in [2.45, 2.75) is 32.7 Å². The van der Waals surface area contributed by atoms with Gasteiger partial charge in [0.25, 0.3) is 0 Å². The largest absolute Gasteiger partial charge is 0.382 e. The first-order valence-corrected chi connectivity index (χ1v) is 5.95. The molecule has 1 rings (SSSR count). The third kappa shape index (κ3) is 3.47. The Bertz CT molecular complexity index is 338. The summed E-state index contributed by atoms with van der Waals surface area (Å²) in [4.78, 5) is 0. The van der Waals surface area contributed by atoms with Gasteiger partial charge < -0.3 is 10.5 Å². The van der Waals surface area contributed by atoms with Crippen molar-refractivity contribution in [1.29, 1.82) is 0 Å². The standard InChI is InChI=1S/C11H20ClN3O/c1-4-16-6-5-9(13)7-10-8(2)14-15(3)11(10)12/h9H,4-7,13H2,1-3H3. The van der Waals surface area contributed by atoms with Crippen LogP contribution in [0.4, 0.5) is 0 Å². The molecule has 2 N–H and O–H groups in total. The van der Waals surface area contributed by atoms with Crippen molar-refractivity contribution in [3.8, 4) is 0 Å². The molecule has 1 unspecified atom stereocenters. The summed E-state index contributed by atoms with van der Waals surface area (Å²) in [5, 5.41) is 4.94. The Kier molecular flexibility index (Phi) is 5.25. The summed E-state index contributed by atoms with van der Waals surface area (Å²) in [5.41, 5.74) is 8.02. The topological polar surface area (TPSA) is 53.1 Å². The molecule has 1 heterocycles. The van der Waals surface area contributed by atoms with E-state index in [4.69, 9.17) is 22.1 Å². The molecule has 1 atom stereocenters. The molecule has 0 aliphatic carbocycles. The highest BCUT2D eigenvalue weighted by molar-refractivity contribution is 6.30. The molecule has 0 aliphatic heterocycles. The van der Waals surface area contributed by atoms with Crippen molar-refractivity contribution in [3.05, 3.63) is 16.4 Å². The number of hydrogen-bond acceptors (Lipinski definition) is 3. The van der Waals surface area contributed by atoms with Crippen LogP contribution in [0.5, 0.6) is 0 Å². The SMILES string of the molecule is CCOCCC(N)Cc1c(C)nn(C)c1Cl. The zero-order chi connectivity index (χ0) is 12.1. The smallest absolute Gasteiger partial charge is 0.130 e. The summed E-state index contributed by atoms with van der Waals surface area (Å²) < 4.78 is 6.96. The molecule has 0 saturated heterocycles. The first kappa shape index (κ1) is 13.5. The minimum Gasteiger partial charge on any atom is -0.382 e. The van der Waals surface area contributed by atoms with Crippen LogP contribution in [-0.4, -0.2) is 29.0 Å². The van der Waals surface area contributed by atoms with Gasteiger partial charge in [-0.15, -0.1) is 0 Å². The van der Waals surface area contributed by atoms with Gasteiger partial charge in [-0.3, -0.25) is 4.68 Å². The molecule has 1 aromatic rings. The fourth-order valence-corrected chi connectivity index (χ4v) is 1.90. The van der Waals surface area contributed by atoms with Crippen LogP contribution in [0.1, 0.15) is 24.6 Å². The van der Waals surface area contributed by atoms with Gasteiger partial charge >= 0.3 is 0 Å². The highest BCUT2D eigenvalue weighted by Gasteiger charge is 2.14. The van der Waals surface area contributed by atoms with E-state index in [0.717, 1.165) is 30.7 Å². The maximum Gasteiger partial charge on any atom is 0.130 e. The summed E-state index contributed by atoms with van der Waals surface area (Å²) in [5.74, 6) is 0. The molecule has 0 spiro atoms. The molecule has 4 nitrogen and oxygen atoms in total. The normalized spacial score (nSPS) is 13.1. The molecule has 0 amide bonds. The molecule has 0 saturated carbocycles. The Labute approximate surface area is 102 Å². The van der Waals surface area contributed by atoms with Gasteiger partial charge in [0.2, 0.25) is 0 Å². The molecule has 16 heavy (non-hydrogen) atoms. The number of halogens is 1. The zero-order valence-corrected chi connectivity index (χ0v) is 10.9. The van der Waals surface area contributed by atoms with E-state index in [9.17, 15) is 0 Å². The van der Waals surface area contributed by atoms with Crippen LogP contribution in [0.3, 0.4) is 0 Å². The highest BCUT2D eigenvalue weighted by Crippen LogP contribution is 2.20. The Balaban J connectivity index is 2.52. The average molecular weight is 246 g/mol.